The van der Waals surface area contributed by atoms with E-state index in [1.807, 2.05) is 12.1 Å². The third-order valence-corrected chi connectivity index (χ3v) is 2.88. The van der Waals surface area contributed by atoms with Crippen LogP contribution in [0.25, 0.3) is 0 Å². The lowest BCUT2D eigenvalue weighted by Gasteiger charge is -2.17. The number of methoxy groups -OCH3 is 1. The predicted octanol–water partition coefficient (Wildman–Crippen LogP) is 2.50. The van der Waals surface area contributed by atoms with Gasteiger partial charge < -0.3 is 9.64 Å². The maximum Gasteiger partial charge on any atom is 0.256 e. The molecule has 0 fully saturated rings. The molecule has 2 rings (SSSR count). The maximum atomic E-state index is 13.8. The van der Waals surface area contributed by atoms with Crippen molar-refractivity contribution < 1.29 is 13.9 Å². The van der Waals surface area contributed by atoms with E-state index in [2.05, 4.69) is 4.98 Å². The number of ether oxygens (including phenoxy) is 1. The highest BCUT2D eigenvalue weighted by atomic mass is 19.1. The highest BCUT2D eigenvalue weighted by Gasteiger charge is 2.17. The minimum Gasteiger partial charge on any atom is -0.497 e. The van der Waals surface area contributed by atoms with Crippen molar-refractivity contribution in [3.05, 3.63) is 59.7 Å². The molecule has 0 saturated heterocycles. The van der Waals surface area contributed by atoms with E-state index >= 15 is 0 Å². The van der Waals surface area contributed by atoms with E-state index < -0.39 is 11.7 Å². The van der Waals surface area contributed by atoms with E-state index in [-0.39, 0.29) is 5.56 Å². The van der Waals surface area contributed by atoms with E-state index in [1.54, 1.807) is 25.4 Å². The molecule has 104 valence electrons. The molecule has 0 aliphatic rings. The lowest BCUT2D eigenvalue weighted by molar-refractivity contribution is 0.0778. The molecule has 0 bridgehead atoms. The Morgan fingerprint density at radius 1 is 1.35 bits per heavy atom. The molecule has 0 spiro atoms. The molecule has 1 amide bonds. The minimum absolute atomic E-state index is 0.0178. The van der Waals surface area contributed by atoms with Crippen molar-refractivity contribution in [3.8, 4) is 5.75 Å². The SMILES string of the molecule is COc1ccc(C(=O)N(C)Cc2ccccn2)c(F)c1. The molecular formula is C15H15FN2O2. The summed E-state index contributed by atoms with van der Waals surface area (Å²) < 4.78 is 18.8. The fourth-order valence-corrected chi connectivity index (χ4v) is 1.81. The second-order valence-electron chi connectivity index (χ2n) is 4.33. The molecule has 1 aromatic heterocycles. The summed E-state index contributed by atoms with van der Waals surface area (Å²) >= 11 is 0. The van der Waals surface area contributed by atoms with E-state index in [0.717, 1.165) is 5.69 Å². The molecule has 1 aromatic carbocycles. The Kier molecular flexibility index (Phi) is 4.30. The summed E-state index contributed by atoms with van der Waals surface area (Å²) in [6.45, 7) is 0.325. The van der Waals surface area contributed by atoms with Gasteiger partial charge in [-0.05, 0) is 24.3 Å². The van der Waals surface area contributed by atoms with Crippen molar-refractivity contribution in [1.82, 2.24) is 9.88 Å². The van der Waals surface area contributed by atoms with Crippen LogP contribution in [0.2, 0.25) is 0 Å². The number of rotatable bonds is 4. The molecule has 20 heavy (non-hydrogen) atoms. The number of pyridine rings is 1. The summed E-state index contributed by atoms with van der Waals surface area (Å²) in [4.78, 5) is 17.7. The average Bonchev–Trinajstić information content (AvgIpc) is 2.47. The number of carbonyl (C=O) groups excluding carboxylic acids is 1. The molecular weight excluding hydrogens is 259 g/mol. The predicted molar refractivity (Wildman–Crippen MR) is 73.0 cm³/mol. The molecule has 5 heteroatoms. The van der Waals surface area contributed by atoms with Crippen LogP contribution in [0.3, 0.4) is 0 Å². The first-order valence-electron chi connectivity index (χ1n) is 6.10. The van der Waals surface area contributed by atoms with Crippen molar-refractivity contribution >= 4 is 5.91 Å². The van der Waals surface area contributed by atoms with Crippen molar-refractivity contribution in [2.75, 3.05) is 14.2 Å². The Hall–Kier alpha value is -2.43. The number of amides is 1. The summed E-state index contributed by atoms with van der Waals surface area (Å²) in [5, 5.41) is 0. The first kappa shape index (κ1) is 14.0. The minimum atomic E-state index is -0.595. The summed E-state index contributed by atoms with van der Waals surface area (Å²) in [5.74, 6) is -0.607. The number of nitrogens with zero attached hydrogens (tertiary/aromatic N) is 2. The lowest BCUT2D eigenvalue weighted by Crippen LogP contribution is -2.27. The molecule has 0 saturated carbocycles. The maximum absolute atomic E-state index is 13.8. The molecule has 4 nitrogen and oxygen atoms in total. The van der Waals surface area contributed by atoms with Gasteiger partial charge in [-0.1, -0.05) is 6.07 Å². The van der Waals surface area contributed by atoms with Crippen LogP contribution in [-0.2, 0) is 6.54 Å². The highest BCUT2D eigenvalue weighted by Crippen LogP contribution is 2.18. The number of carbonyl (C=O) groups is 1. The highest BCUT2D eigenvalue weighted by molar-refractivity contribution is 5.94. The van der Waals surface area contributed by atoms with Crippen molar-refractivity contribution in [3.63, 3.8) is 0 Å². The fourth-order valence-electron chi connectivity index (χ4n) is 1.81. The third-order valence-electron chi connectivity index (χ3n) is 2.88. The lowest BCUT2D eigenvalue weighted by atomic mass is 10.1. The molecule has 0 aliphatic heterocycles. The Bertz CT molecular complexity index is 602. The van der Waals surface area contributed by atoms with E-state index in [4.69, 9.17) is 4.74 Å². The van der Waals surface area contributed by atoms with Crippen LogP contribution < -0.4 is 4.74 Å². The Labute approximate surface area is 116 Å². The summed E-state index contributed by atoms with van der Waals surface area (Å²) in [5.41, 5.74) is 0.765. The number of hydrogen-bond donors (Lipinski definition) is 0. The van der Waals surface area contributed by atoms with E-state index in [9.17, 15) is 9.18 Å². The van der Waals surface area contributed by atoms with Gasteiger partial charge in [-0.25, -0.2) is 4.39 Å². The van der Waals surface area contributed by atoms with Gasteiger partial charge in [0.2, 0.25) is 0 Å². The average molecular weight is 274 g/mol. The number of benzene rings is 1. The number of halogens is 1. The van der Waals surface area contributed by atoms with E-state index in [0.29, 0.717) is 12.3 Å². The van der Waals surface area contributed by atoms with Crippen LogP contribution in [-0.4, -0.2) is 29.9 Å². The Morgan fingerprint density at radius 3 is 2.75 bits per heavy atom. The molecule has 1 heterocycles. The molecule has 0 aliphatic carbocycles. The van der Waals surface area contributed by atoms with Gasteiger partial charge in [0, 0.05) is 19.3 Å². The van der Waals surface area contributed by atoms with Crippen LogP contribution in [0, 0.1) is 5.82 Å². The zero-order valence-corrected chi connectivity index (χ0v) is 11.3. The van der Waals surface area contributed by atoms with Gasteiger partial charge in [0.15, 0.2) is 0 Å². The first-order chi connectivity index (χ1) is 9.61. The fraction of sp³-hybridized carbons (Fsp3) is 0.200. The van der Waals surface area contributed by atoms with Crippen LogP contribution >= 0.6 is 0 Å². The van der Waals surface area contributed by atoms with Gasteiger partial charge in [0.1, 0.15) is 11.6 Å². The summed E-state index contributed by atoms with van der Waals surface area (Å²) in [6, 6.07) is 9.63. The van der Waals surface area contributed by atoms with Gasteiger partial charge in [-0.3, -0.25) is 9.78 Å². The Morgan fingerprint density at radius 2 is 2.15 bits per heavy atom. The molecule has 0 unspecified atom stereocenters. The third kappa shape index (κ3) is 3.12. The van der Waals surface area contributed by atoms with Crippen molar-refractivity contribution in [1.29, 1.82) is 0 Å². The molecule has 0 radical (unpaired) electrons. The van der Waals surface area contributed by atoms with Gasteiger partial charge in [0.05, 0.1) is 24.9 Å². The van der Waals surface area contributed by atoms with Crippen LogP contribution in [0.4, 0.5) is 4.39 Å². The van der Waals surface area contributed by atoms with E-state index in [1.165, 1.54) is 24.1 Å². The number of aromatic nitrogens is 1. The summed E-state index contributed by atoms with van der Waals surface area (Å²) in [6.07, 6.45) is 1.65. The van der Waals surface area contributed by atoms with Gasteiger partial charge in [-0.2, -0.15) is 0 Å². The van der Waals surface area contributed by atoms with Crippen molar-refractivity contribution in [2.45, 2.75) is 6.54 Å². The monoisotopic (exact) mass is 274 g/mol. The van der Waals surface area contributed by atoms with Gasteiger partial charge in [-0.15, -0.1) is 0 Å². The smallest absolute Gasteiger partial charge is 0.256 e. The zero-order chi connectivity index (χ0) is 14.5. The molecule has 0 atom stereocenters. The molecule has 2 aromatic rings. The number of hydrogen-bond acceptors (Lipinski definition) is 3. The Balaban J connectivity index is 2.14. The largest absolute Gasteiger partial charge is 0.497 e. The van der Waals surface area contributed by atoms with Crippen LogP contribution in [0.5, 0.6) is 5.75 Å². The molecule has 0 N–H and O–H groups in total. The van der Waals surface area contributed by atoms with Gasteiger partial charge in [0.25, 0.3) is 5.91 Å². The standard InChI is InChI=1S/C15H15FN2O2/c1-18(10-11-5-3-4-8-17-11)15(19)13-7-6-12(20-2)9-14(13)16/h3-9H,10H2,1-2H3. The summed E-state index contributed by atoms with van der Waals surface area (Å²) in [7, 11) is 3.06. The first-order valence-corrected chi connectivity index (χ1v) is 6.10. The second-order valence-corrected chi connectivity index (χ2v) is 4.33. The van der Waals surface area contributed by atoms with Crippen LogP contribution in [0.1, 0.15) is 16.1 Å². The zero-order valence-electron chi connectivity index (χ0n) is 11.3. The van der Waals surface area contributed by atoms with Gasteiger partial charge >= 0.3 is 0 Å². The second kappa shape index (κ2) is 6.14. The quantitative estimate of drug-likeness (QED) is 0.860. The topological polar surface area (TPSA) is 42.4 Å². The normalized spacial score (nSPS) is 10.2. The van der Waals surface area contributed by atoms with Crippen molar-refractivity contribution in [2.24, 2.45) is 0 Å². The van der Waals surface area contributed by atoms with Crippen LogP contribution in [0.15, 0.2) is 42.6 Å².